The van der Waals surface area contributed by atoms with E-state index in [2.05, 4.69) is 15.0 Å². The molecule has 0 saturated carbocycles. The molecule has 2 heterocycles. The first kappa shape index (κ1) is 8.18. The third-order valence-electron chi connectivity index (χ3n) is 1.88. The van der Waals surface area contributed by atoms with E-state index in [0.29, 0.717) is 22.3 Å². The van der Waals surface area contributed by atoms with Crippen molar-refractivity contribution >= 4 is 23.4 Å². The smallest absolute Gasteiger partial charge is 0.328 e. The van der Waals surface area contributed by atoms with E-state index in [1.54, 1.807) is 0 Å². The SMILES string of the molecule is CCn1c(=O)[nH]c(=S)c2[nH]cnc21. The molecule has 2 aromatic rings. The molecule has 0 unspecified atom stereocenters. The average molecular weight is 196 g/mol. The number of nitrogens with zero attached hydrogens (tertiary/aromatic N) is 2. The van der Waals surface area contributed by atoms with Crippen molar-refractivity contribution in [3.05, 3.63) is 21.5 Å². The summed E-state index contributed by atoms with van der Waals surface area (Å²) in [5.74, 6) is 0. The van der Waals surface area contributed by atoms with Gasteiger partial charge in [-0.2, -0.15) is 0 Å². The summed E-state index contributed by atoms with van der Waals surface area (Å²) in [5.41, 5.74) is 1.10. The van der Waals surface area contributed by atoms with Gasteiger partial charge in [-0.3, -0.25) is 9.55 Å². The number of aromatic amines is 2. The van der Waals surface area contributed by atoms with E-state index in [0.717, 1.165) is 0 Å². The number of hydrogen-bond acceptors (Lipinski definition) is 3. The van der Waals surface area contributed by atoms with E-state index in [1.165, 1.54) is 10.9 Å². The van der Waals surface area contributed by atoms with Crippen LogP contribution < -0.4 is 5.69 Å². The minimum absolute atomic E-state index is 0.216. The van der Waals surface area contributed by atoms with Crippen molar-refractivity contribution in [2.24, 2.45) is 0 Å². The van der Waals surface area contributed by atoms with E-state index in [4.69, 9.17) is 12.2 Å². The maximum Gasteiger partial charge on any atom is 0.328 e. The molecule has 0 atom stereocenters. The molecule has 5 nitrogen and oxygen atoms in total. The Balaban J connectivity index is 3.06. The van der Waals surface area contributed by atoms with Gasteiger partial charge >= 0.3 is 5.69 Å². The molecule has 0 aromatic carbocycles. The summed E-state index contributed by atoms with van der Waals surface area (Å²) in [6.45, 7) is 2.46. The molecule has 0 aliphatic heterocycles. The second-order valence-electron chi connectivity index (χ2n) is 2.60. The van der Waals surface area contributed by atoms with Gasteiger partial charge in [0.05, 0.1) is 6.33 Å². The third kappa shape index (κ3) is 1.10. The number of imidazole rings is 1. The molecule has 0 bridgehead atoms. The summed E-state index contributed by atoms with van der Waals surface area (Å²) in [5, 5.41) is 0. The minimum Gasteiger partial charge on any atom is -0.341 e. The van der Waals surface area contributed by atoms with Gasteiger partial charge in [-0.1, -0.05) is 12.2 Å². The van der Waals surface area contributed by atoms with Gasteiger partial charge in [-0.25, -0.2) is 9.78 Å². The average Bonchev–Trinajstić information content (AvgIpc) is 2.53. The van der Waals surface area contributed by atoms with E-state index in [9.17, 15) is 4.79 Å². The highest BCUT2D eigenvalue weighted by molar-refractivity contribution is 7.71. The van der Waals surface area contributed by atoms with Gasteiger partial charge in [0.15, 0.2) is 5.65 Å². The normalized spacial score (nSPS) is 10.8. The third-order valence-corrected chi connectivity index (χ3v) is 2.19. The van der Waals surface area contributed by atoms with Crippen LogP contribution in [0, 0.1) is 4.64 Å². The number of fused-ring (bicyclic) bond motifs is 1. The van der Waals surface area contributed by atoms with Crippen molar-refractivity contribution in [2.45, 2.75) is 13.5 Å². The molecule has 0 saturated heterocycles. The van der Waals surface area contributed by atoms with Gasteiger partial charge in [0.2, 0.25) is 0 Å². The first-order valence-electron chi connectivity index (χ1n) is 3.90. The standard InChI is InChI=1S/C7H8N4OS/c1-2-11-5-4(8-3-9-5)6(13)10-7(11)12/h3H,2H2,1H3,(H,8,9)(H,10,12,13). The Kier molecular flexibility index (Phi) is 1.77. The fourth-order valence-corrected chi connectivity index (χ4v) is 1.51. The highest BCUT2D eigenvalue weighted by atomic mass is 32.1. The highest BCUT2D eigenvalue weighted by Crippen LogP contribution is 2.05. The number of aromatic nitrogens is 4. The molecule has 0 aliphatic carbocycles. The summed E-state index contributed by atoms with van der Waals surface area (Å²) in [6, 6.07) is 0. The maximum atomic E-state index is 11.4. The topological polar surface area (TPSA) is 66.5 Å². The molecule has 2 aromatic heterocycles. The van der Waals surface area contributed by atoms with Crippen LogP contribution in [-0.2, 0) is 6.54 Å². The lowest BCUT2D eigenvalue weighted by Crippen LogP contribution is -2.22. The van der Waals surface area contributed by atoms with Gasteiger partial charge in [-0.15, -0.1) is 0 Å². The molecule has 0 spiro atoms. The lowest BCUT2D eigenvalue weighted by molar-refractivity contribution is 0.722. The molecule has 2 N–H and O–H groups in total. The summed E-state index contributed by atoms with van der Waals surface area (Å²) >= 11 is 4.96. The van der Waals surface area contributed by atoms with Crippen LogP contribution in [0.3, 0.4) is 0 Å². The second kappa shape index (κ2) is 2.81. The Morgan fingerprint density at radius 2 is 2.46 bits per heavy atom. The molecule has 0 aliphatic rings. The van der Waals surface area contributed by atoms with Gasteiger partial charge < -0.3 is 4.98 Å². The molecule has 2 rings (SSSR count). The van der Waals surface area contributed by atoms with Gasteiger partial charge in [0, 0.05) is 6.54 Å². The monoisotopic (exact) mass is 196 g/mol. The van der Waals surface area contributed by atoms with Crippen LogP contribution in [0.1, 0.15) is 6.92 Å². The van der Waals surface area contributed by atoms with Crippen LogP contribution in [0.5, 0.6) is 0 Å². The summed E-state index contributed by atoms with van der Waals surface area (Å²) in [4.78, 5) is 20.9. The molecule has 13 heavy (non-hydrogen) atoms. The van der Waals surface area contributed by atoms with Gasteiger partial charge in [0.25, 0.3) is 0 Å². The zero-order valence-corrected chi connectivity index (χ0v) is 7.81. The Bertz CT molecular complexity index is 549. The zero-order chi connectivity index (χ0) is 9.42. The summed E-state index contributed by atoms with van der Waals surface area (Å²) in [7, 11) is 0. The van der Waals surface area contributed by atoms with E-state index in [1.807, 2.05) is 6.92 Å². The molecule has 0 amide bonds. The zero-order valence-electron chi connectivity index (χ0n) is 7.00. The van der Waals surface area contributed by atoms with Crippen LogP contribution in [-0.4, -0.2) is 19.5 Å². The number of H-pyrrole nitrogens is 2. The Morgan fingerprint density at radius 1 is 1.69 bits per heavy atom. The quantitative estimate of drug-likeness (QED) is 0.663. The lowest BCUT2D eigenvalue weighted by Gasteiger charge is -2.00. The first-order chi connectivity index (χ1) is 6.24. The Labute approximate surface area is 78.4 Å². The molecule has 0 fully saturated rings. The van der Waals surface area contributed by atoms with Crippen LogP contribution in [0.2, 0.25) is 0 Å². The number of hydrogen-bond donors (Lipinski definition) is 2. The second-order valence-corrected chi connectivity index (χ2v) is 3.01. The van der Waals surface area contributed by atoms with Crippen molar-refractivity contribution in [3.63, 3.8) is 0 Å². The molecule has 68 valence electrons. The van der Waals surface area contributed by atoms with Crippen LogP contribution >= 0.6 is 12.2 Å². The van der Waals surface area contributed by atoms with E-state index >= 15 is 0 Å². The van der Waals surface area contributed by atoms with Crippen molar-refractivity contribution < 1.29 is 0 Å². The Morgan fingerprint density at radius 3 is 3.15 bits per heavy atom. The first-order valence-corrected chi connectivity index (χ1v) is 4.31. The Hall–Kier alpha value is -1.43. The molecule has 6 heteroatoms. The van der Waals surface area contributed by atoms with Crippen molar-refractivity contribution in [2.75, 3.05) is 0 Å². The van der Waals surface area contributed by atoms with E-state index < -0.39 is 0 Å². The summed E-state index contributed by atoms with van der Waals surface area (Å²) < 4.78 is 1.93. The van der Waals surface area contributed by atoms with Crippen molar-refractivity contribution in [3.8, 4) is 0 Å². The van der Waals surface area contributed by atoms with Crippen LogP contribution in [0.25, 0.3) is 11.2 Å². The maximum absolute atomic E-state index is 11.4. The van der Waals surface area contributed by atoms with E-state index in [-0.39, 0.29) is 5.69 Å². The number of rotatable bonds is 1. The fraction of sp³-hybridized carbons (Fsp3) is 0.286. The minimum atomic E-state index is -0.216. The fourth-order valence-electron chi connectivity index (χ4n) is 1.28. The highest BCUT2D eigenvalue weighted by Gasteiger charge is 2.04. The number of aryl methyl sites for hydroxylation is 1. The molecular formula is C7H8N4OS. The molecule has 0 radical (unpaired) electrons. The predicted molar refractivity (Wildman–Crippen MR) is 51.2 cm³/mol. The largest absolute Gasteiger partial charge is 0.341 e. The summed E-state index contributed by atoms with van der Waals surface area (Å²) in [6.07, 6.45) is 1.53. The molecular weight excluding hydrogens is 188 g/mol. The van der Waals surface area contributed by atoms with Crippen molar-refractivity contribution in [1.82, 2.24) is 19.5 Å². The van der Waals surface area contributed by atoms with Crippen molar-refractivity contribution in [1.29, 1.82) is 0 Å². The number of nitrogens with one attached hydrogen (secondary N) is 2. The van der Waals surface area contributed by atoms with Gasteiger partial charge in [-0.05, 0) is 6.92 Å². The van der Waals surface area contributed by atoms with Crippen LogP contribution in [0.4, 0.5) is 0 Å². The predicted octanol–water partition coefficient (Wildman–Crippen LogP) is 0.802. The van der Waals surface area contributed by atoms with Gasteiger partial charge in [0.1, 0.15) is 10.2 Å². The lowest BCUT2D eigenvalue weighted by atomic mass is 10.5. The van der Waals surface area contributed by atoms with Crippen LogP contribution in [0.15, 0.2) is 11.1 Å².